The number of imidazole rings is 1. The van der Waals surface area contributed by atoms with Gasteiger partial charge in [-0.05, 0) is 43.3 Å². The number of aryl methyl sites for hydroxylation is 1. The third-order valence-corrected chi connectivity index (χ3v) is 4.29. The smallest absolute Gasteiger partial charge is 0.267 e. The molecule has 0 unspecified atom stereocenters. The predicted octanol–water partition coefficient (Wildman–Crippen LogP) is 3.40. The number of para-hydroxylation sites is 2. The molecule has 0 saturated carbocycles. The molecule has 126 valence electrons. The van der Waals surface area contributed by atoms with Crippen LogP contribution in [0.4, 0.5) is 4.39 Å². The van der Waals surface area contributed by atoms with Gasteiger partial charge in [-0.2, -0.15) is 0 Å². The summed E-state index contributed by atoms with van der Waals surface area (Å²) in [5, 5.41) is 3.57. The van der Waals surface area contributed by atoms with E-state index in [4.69, 9.17) is 0 Å². The van der Waals surface area contributed by atoms with Crippen molar-refractivity contribution in [1.29, 1.82) is 0 Å². The summed E-state index contributed by atoms with van der Waals surface area (Å²) in [4.78, 5) is 19.8. The Hall–Kier alpha value is -3.15. The highest BCUT2D eigenvalue weighted by molar-refractivity contribution is 5.98. The minimum absolute atomic E-state index is 0.210. The van der Waals surface area contributed by atoms with Gasteiger partial charge in [0.2, 0.25) is 0 Å². The second-order valence-electron chi connectivity index (χ2n) is 5.97. The van der Waals surface area contributed by atoms with Crippen molar-refractivity contribution >= 4 is 27.8 Å². The molecule has 0 saturated heterocycles. The summed E-state index contributed by atoms with van der Waals surface area (Å²) in [7, 11) is 0. The fraction of sp³-hybridized carbons (Fsp3) is 0.158. The first-order valence-electron chi connectivity index (χ1n) is 8.10. The van der Waals surface area contributed by atoms with E-state index in [2.05, 4.69) is 19.9 Å². The summed E-state index contributed by atoms with van der Waals surface area (Å²) >= 11 is 0. The molecule has 0 atom stereocenters. The lowest BCUT2D eigenvalue weighted by Crippen LogP contribution is -2.27. The van der Waals surface area contributed by atoms with Crippen LogP contribution in [-0.2, 0) is 6.54 Å². The van der Waals surface area contributed by atoms with Crippen LogP contribution in [0, 0.1) is 12.7 Å². The molecule has 2 heterocycles. The highest BCUT2D eigenvalue weighted by atomic mass is 19.1. The molecule has 2 aromatic heterocycles. The predicted molar refractivity (Wildman–Crippen MR) is 95.1 cm³/mol. The Morgan fingerprint density at radius 1 is 1.24 bits per heavy atom. The molecule has 0 radical (unpaired) electrons. The Kier molecular flexibility index (Phi) is 3.72. The Labute approximate surface area is 143 Å². The van der Waals surface area contributed by atoms with Gasteiger partial charge in [-0.25, -0.2) is 9.37 Å². The number of hydrogen-bond donors (Lipinski definition) is 2. The second kappa shape index (κ2) is 6.05. The van der Waals surface area contributed by atoms with Crippen molar-refractivity contribution < 1.29 is 9.18 Å². The molecule has 4 aromatic rings. The summed E-state index contributed by atoms with van der Waals surface area (Å²) < 4.78 is 15.3. The van der Waals surface area contributed by atoms with E-state index in [1.165, 1.54) is 12.1 Å². The van der Waals surface area contributed by atoms with Gasteiger partial charge < -0.3 is 14.9 Å². The standard InChI is InChI=1S/C19H17FN4O/c1-12-22-16-4-2-3-5-18(16)24(12)9-8-21-19(25)17-11-13-10-14(20)6-7-15(13)23-17/h2-7,10-11,23H,8-9H2,1H3,(H,21,25). The van der Waals surface area contributed by atoms with Gasteiger partial charge in [-0.15, -0.1) is 0 Å². The number of rotatable bonds is 4. The van der Waals surface area contributed by atoms with Crippen molar-refractivity contribution in [3.05, 3.63) is 65.9 Å². The maximum absolute atomic E-state index is 13.2. The molecular formula is C19H17FN4O. The monoisotopic (exact) mass is 336 g/mol. The van der Waals surface area contributed by atoms with Gasteiger partial charge in [0.05, 0.1) is 11.0 Å². The van der Waals surface area contributed by atoms with E-state index in [9.17, 15) is 9.18 Å². The van der Waals surface area contributed by atoms with E-state index < -0.39 is 0 Å². The van der Waals surface area contributed by atoms with E-state index in [0.717, 1.165) is 22.4 Å². The molecule has 2 aromatic carbocycles. The average molecular weight is 336 g/mol. The first-order valence-corrected chi connectivity index (χ1v) is 8.10. The first kappa shape index (κ1) is 15.4. The summed E-state index contributed by atoms with van der Waals surface area (Å²) in [6, 6.07) is 14.0. The van der Waals surface area contributed by atoms with E-state index >= 15 is 0 Å². The molecule has 4 rings (SSSR count). The molecule has 0 spiro atoms. The number of carbonyl (C=O) groups excluding carboxylic acids is 1. The number of nitrogens with zero attached hydrogens (tertiary/aromatic N) is 2. The lowest BCUT2D eigenvalue weighted by atomic mass is 10.2. The quantitative estimate of drug-likeness (QED) is 0.600. The lowest BCUT2D eigenvalue weighted by molar-refractivity contribution is 0.0948. The van der Waals surface area contributed by atoms with Gasteiger partial charge in [0.25, 0.3) is 5.91 Å². The normalized spacial score (nSPS) is 11.3. The molecule has 0 aliphatic rings. The highest BCUT2D eigenvalue weighted by Gasteiger charge is 2.11. The average Bonchev–Trinajstić information content (AvgIpc) is 3.15. The van der Waals surface area contributed by atoms with Crippen molar-refractivity contribution in [2.75, 3.05) is 6.54 Å². The molecular weight excluding hydrogens is 319 g/mol. The fourth-order valence-electron chi connectivity index (χ4n) is 3.08. The van der Waals surface area contributed by atoms with Crippen LogP contribution in [0.5, 0.6) is 0 Å². The molecule has 0 aliphatic carbocycles. The number of fused-ring (bicyclic) bond motifs is 2. The van der Waals surface area contributed by atoms with E-state index in [0.29, 0.717) is 24.2 Å². The molecule has 2 N–H and O–H groups in total. The summed E-state index contributed by atoms with van der Waals surface area (Å²) in [6.07, 6.45) is 0. The maximum Gasteiger partial charge on any atom is 0.267 e. The zero-order chi connectivity index (χ0) is 17.4. The topological polar surface area (TPSA) is 62.7 Å². The Morgan fingerprint density at radius 2 is 2.08 bits per heavy atom. The third kappa shape index (κ3) is 2.87. The van der Waals surface area contributed by atoms with Crippen LogP contribution < -0.4 is 5.32 Å². The van der Waals surface area contributed by atoms with Gasteiger partial charge >= 0.3 is 0 Å². The Bertz CT molecular complexity index is 1080. The van der Waals surface area contributed by atoms with Gasteiger partial charge in [-0.1, -0.05) is 12.1 Å². The van der Waals surface area contributed by atoms with Crippen LogP contribution in [0.25, 0.3) is 21.9 Å². The van der Waals surface area contributed by atoms with Crippen LogP contribution in [0.15, 0.2) is 48.5 Å². The number of carbonyl (C=O) groups is 1. The number of hydrogen-bond acceptors (Lipinski definition) is 2. The fourth-order valence-corrected chi connectivity index (χ4v) is 3.08. The van der Waals surface area contributed by atoms with Gasteiger partial charge in [-0.3, -0.25) is 4.79 Å². The minimum atomic E-state index is -0.319. The van der Waals surface area contributed by atoms with Crippen molar-refractivity contribution in [3.8, 4) is 0 Å². The van der Waals surface area contributed by atoms with Crippen LogP contribution in [-0.4, -0.2) is 27.0 Å². The van der Waals surface area contributed by atoms with E-state index in [-0.39, 0.29) is 11.7 Å². The van der Waals surface area contributed by atoms with E-state index in [1.807, 2.05) is 31.2 Å². The third-order valence-electron chi connectivity index (χ3n) is 4.29. The maximum atomic E-state index is 13.2. The number of benzene rings is 2. The lowest BCUT2D eigenvalue weighted by Gasteiger charge is -2.08. The molecule has 0 aliphatic heterocycles. The Balaban J connectivity index is 1.47. The van der Waals surface area contributed by atoms with Gasteiger partial charge in [0, 0.05) is 24.0 Å². The first-order chi connectivity index (χ1) is 12.1. The number of H-pyrrole nitrogens is 1. The number of halogens is 1. The van der Waals surface area contributed by atoms with Crippen molar-refractivity contribution in [1.82, 2.24) is 19.9 Å². The number of nitrogens with one attached hydrogen (secondary N) is 2. The molecule has 6 heteroatoms. The van der Waals surface area contributed by atoms with Crippen LogP contribution in [0.1, 0.15) is 16.3 Å². The number of amides is 1. The highest BCUT2D eigenvalue weighted by Crippen LogP contribution is 2.17. The van der Waals surface area contributed by atoms with Crippen LogP contribution in [0.2, 0.25) is 0 Å². The molecule has 5 nitrogen and oxygen atoms in total. The van der Waals surface area contributed by atoms with Gasteiger partial charge in [0.1, 0.15) is 17.3 Å². The molecule has 0 fully saturated rings. The number of aromatic amines is 1. The minimum Gasteiger partial charge on any atom is -0.351 e. The summed E-state index contributed by atoms with van der Waals surface area (Å²) in [5.74, 6) is 0.385. The second-order valence-corrected chi connectivity index (χ2v) is 5.97. The number of aromatic nitrogens is 3. The van der Waals surface area contributed by atoms with Crippen molar-refractivity contribution in [2.24, 2.45) is 0 Å². The SMILES string of the molecule is Cc1nc2ccccc2n1CCNC(=O)c1cc2cc(F)ccc2[nH]1. The zero-order valence-electron chi connectivity index (χ0n) is 13.7. The van der Waals surface area contributed by atoms with Crippen LogP contribution in [0.3, 0.4) is 0 Å². The summed E-state index contributed by atoms with van der Waals surface area (Å²) in [6.45, 7) is 3.06. The largest absolute Gasteiger partial charge is 0.351 e. The van der Waals surface area contributed by atoms with Gasteiger partial charge in [0.15, 0.2) is 0 Å². The van der Waals surface area contributed by atoms with Crippen molar-refractivity contribution in [2.45, 2.75) is 13.5 Å². The molecule has 0 bridgehead atoms. The molecule has 25 heavy (non-hydrogen) atoms. The summed E-state index contributed by atoms with van der Waals surface area (Å²) in [5.41, 5.74) is 3.16. The Morgan fingerprint density at radius 3 is 2.96 bits per heavy atom. The van der Waals surface area contributed by atoms with E-state index in [1.54, 1.807) is 12.1 Å². The molecule has 1 amide bonds. The van der Waals surface area contributed by atoms with Crippen LogP contribution >= 0.6 is 0 Å². The van der Waals surface area contributed by atoms with Crippen molar-refractivity contribution in [3.63, 3.8) is 0 Å². The zero-order valence-corrected chi connectivity index (χ0v) is 13.7.